The summed E-state index contributed by atoms with van der Waals surface area (Å²) in [7, 11) is 0. The number of nitrogens with zero attached hydrogens (tertiary/aromatic N) is 1. The van der Waals surface area contributed by atoms with E-state index >= 15 is 0 Å². The molecule has 1 rings (SSSR count). The Morgan fingerprint density at radius 2 is 2.43 bits per heavy atom. The van der Waals surface area contributed by atoms with E-state index < -0.39 is 6.10 Å². The summed E-state index contributed by atoms with van der Waals surface area (Å²) in [6, 6.07) is 3.14. The second kappa shape index (κ2) is 4.57. The van der Waals surface area contributed by atoms with Crippen LogP contribution in [0.1, 0.15) is 17.4 Å². The number of aliphatic hydroxyl groups excluding tert-OH is 1. The third-order valence-corrected chi connectivity index (χ3v) is 1.58. The van der Waals surface area contributed by atoms with Crippen molar-refractivity contribution in [2.75, 3.05) is 12.3 Å². The predicted octanol–water partition coefficient (Wildman–Crippen LogP) is -0.226. The molecular weight excluding hydrogens is 182 g/mol. The summed E-state index contributed by atoms with van der Waals surface area (Å²) in [6.45, 7) is 1.81. The minimum Gasteiger partial charge on any atom is -0.397 e. The van der Waals surface area contributed by atoms with Crippen LogP contribution in [0.15, 0.2) is 18.3 Å². The number of amides is 1. The maximum Gasteiger partial charge on any atom is 0.269 e. The van der Waals surface area contributed by atoms with Crippen LogP contribution in [-0.4, -0.2) is 28.6 Å². The number of pyridine rings is 1. The number of aliphatic hydroxyl groups is 1. The van der Waals surface area contributed by atoms with Crippen molar-refractivity contribution in [2.24, 2.45) is 0 Å². The fourth-order valence-electron chi connectivity index (χ4n) is 0.871. The molecule has 0 aromatic carbocycles. The van der Waals surface area contributed by atoms with Gasteiger partial charge in [0.15, 0.2) is 0 Å². The van der Waals surface area contributed by atoms with Crippen LogP contribution in [0.5, 0.6) is 0 Å². The minimum atomic E-state index is -0.562. The van der Waals surface area contributed by atoms with Gasteiger partial charge in [0.2, 0.25) is 0 Å². The first kappa shape index (κ1) is 10.5. The number of hydrogen-bond acceptors (Lipinski definition) is 4. The topological polar surface area (TPSA) is 88.2 Å². The molecule has 0 aliphatic rings. The van der Waals surface area contributed by atoms with Gasteiger partial charge in [-0.05, 0) is 19.1 Å². The highest BCUT2D eigenvalue weighted by atomic mass is 16.3. The monoisotopic (exact) mass is 195 g/mol. The molecule has 1 atom stereocenters. The van der Waals surface area contributed by atoms with Gasteiger partial charge in [-0.3, -0.25) is 4.79 Å². The molecule has 4 N–H and O–H groups in total. The van der Waals surface area contributed by atoms with E-state index in [0.717, 1.165) is 0 Å². The van der Waals surface area contributed by atoms with Crippen LogP contribution in [0.2, 0.25) is 0 Å². The number of hydrogen-bond donors (Lipinski definition) is 3. The molecule has 0 saturated heterocycles. The molecule has 0 aliphatic carbocycles. The Bertz CT molecular complexity index is 308. The van der Waals surface area contributed by atoms with E-state index in [-0.39, 0.29) is 12.5 Å². The number of nitrogens with one attached hydrogen (secondary N) is 1. The maximum absolute atomic E-state index is 11.3. The van der Waals surface area contributed by atoms with E-state index in [2.05, 4.69) is 10.3 Å². The number of aromatic nitrogens is 1. The largest absolute Gasteiger partial charge is 0.397 e. The summed E-state index contributed by atoms with van der Waals surface area (Å²) in [6.07, 6.45) is 0.852. The average molecular weight is 195 g/mol. The highest BCUT2D eigenvalue weighted by molar-refractivity contribution is 5.92. The molecule has 0 bridgehead atoms. The molecule has 1 aromatic heterocycles. The van der Waals surface area contributed by atoms with Crippen molar-refractivity contribution in [1.29, 1.82) is 0 Å². The lowest BCUT2D eigenvalue weighted by atomic mass is 10.3. The van der Waals surface area contributed by atoms with E-state index in [1.165, 1.54) is 12.3 Å². The Morgan fingerprint density at radius 3 is 2.93 bits per heavy atom. The lowest BCUT2D eigenvalue weighted by molar-refractivity contribution is 0.0919. The van der Waals surface area contributed by atoms with Crippen LogP contribution in [0.4, 0.5) is 5.69 Å². The van der Waals surface area contributed by atoms with Crippen molar-refractivity contribution >= 4 is 11.6 Å². The van der Waals surface area contributed by atoms with Crippen LogP contribution in [0.3, 0.4) is 0 Å². The molecule has 1 aromatic rings. The number of anilines is 1. The summed E-state index contributed by atoms with van der Waals surface area (Å²) in [5.74, 6) is -0.314. The molecule has 0 saturated carbocycles. The van der Waals surface area contributed by atoms with Gasteiger partial charge in [-0.1, -0.05) is 0 Å². The molecule has 0 radical (unpaired) electrons. The molecule has 0 fully saturated rings. The predicted molar refractivity (Wildman–Crippen MR) is 52.7 cm³/mol. The van der Waals surface area contributed by atoms with Crippen LogP contribution < -0.4 is 11.1 Å². The Kier molecular flexibility index (Phi) is 3.41. The minimum absolute atomic E-state index is 0.213. The summed E-state index contributed by atoms with van der Waals surface area (Å²) < 4.78 is 0. The van der Waals surface area contributed by atoms with Crippen molar-refractivity contribution < 1.29 is 9.90 Å². The van der Waals surface area contributed by atoms with Gasteiger partial charge in [-0.25, -0.2) is 4.98 Å². The van der Waals surface area contributed by atoms with Crippen LogP contribution >= 0.6 is 0 Å². The van der Waals surface area contributed by atoms with Gasteiger partial charge in [-0.2, -0.15) is 0 Å². The van der Waals surface area contributed by atoms with Gasteiger partial charge in [0.05, 0.1) is 18.0 Å². The van der Waals surface area contributed by atoms with Crippen molar-refractivity contribution in [3.05, 3.63) is 24.0 Å². The average Bonchev–Trinajstić information content (AvgIpc) is 2.15. The fourth-order valence-corrected chi connectivity index (χ4v) is 0.871. The van der Waals surface area contributed by atoms with Gasteiger partial charge >= 0.3 is 0 Å². The van der Waals surface area contributed by atoms with Gasteiger partial charge in [-0.15, -0.1) is 0 Å². The van der Waals surface area contributed by atoms with Crippen LogP contribution in [0, 0.1) is 0 Å². The summed E-state index contributed by atoms with van der Waals surface area (Å²) >= 11 is 0. The molecule has 0 unspecified atom stereocenters. The molecular formula is C9H13N3O2. The van der Waals surface area contributed by atoms with E-state index in [1.807, 2.05) is 0 Å². The van der Waals surface area contributed by atoms with E-state index in [1.54, 1.807) is 13.0 Å². The van der Waals surface area contributed by atoms with Crippen molar-refractivity contribution in [1.82, 2.24) is 10.3 Å². The van der Waals surface area contributed by atoms with E-state index in [9.17, 15) is 4.79 Å². The van der Waals surface area contributed by atoms with Crippen molar-refractivity contribution in [2.45, 2.75) is 13.0 Å². The highest BCUT2D eigenvalue weighted by Crippen LogP contribution is 2.00. The van der Waals surface area contributed by atoms with Gasteiger partial charge < -0.3 is 16.2 Å². The van der Waals surface area contributed by atoms with Gasteiger partial charge in [0.1, 0.15) is 5.69 Å². The van der Waals surface area contributed by atoms with Gasteiger partial charge in [0.25, 0.3) is 5.91 Å². The second-order valence-electron chi connectivity index (χ2n) is 3.04. The highest BCUT2D eigenvalue weighted by Gasteiger charge is 2.06. The lowest BCUT2D eigenvalue weighted by Gasteiger charge is -2.06. The van der Waals surface area contributed by atoms with E-state index in [4.69, 9.17) is 10.8 Å². The Morgan fingerprint density at radius 1 is 1.71 bits per heavy atom. The summed E-state index contributed by atoms with van der Waals surface area (Å²) in [5.41, 5.74) is 6.22. The molecule has 5 nitrogen and oxygen atoms in total. The number of carbonyl (C=O) groups is 1. The molecule has 0 aliphatic heterocycles. The number of nitrogen functional groups attached to an aromatic ring is 1. The maximum atomic E-state index is 11.3. The second-order valence-corrected chi connectivity index (χ2v) is 3.04. The fraction of sp³-hybridized carbons (Fsp3) is 0.333. The third-order valence-electron chi connectivity index (χ3n) is 1.58. The summed E-state index contributed by atoms with van der Waals surface area (Å²) in [4.78, 5) is 15.2. The van der Waals surface area contributed by atoms with Crippen LogP contribution in [-0.2, 0) is 0 Å². The third kappa shape index (κ3) is 3.02. The Balaban J connectivity index is 2.57. The van der Waals surface area contributed by atoms with Crippen LogP contribution in [0.25, 0.3) is 0 Å². The smallest absolute Gasteiger partial charge is 0.269 e. The Labute approximate surface area is 82.0 Å². The molecule has 5 heteroatoms. The molecule has 76 valence electrons. The van der Waals surface area contributed by atoms with E-state index in [0.29, 0.717) is 11.4 Å². The standard InChI is InChI=1S/C9H13N3O2/c1-6(13)4-12-9(14)8-3-2-7(10)5-11-8/h2-3,5-6,13H,4,10H2,1H3,(H,12,14)/t6-/m1/s1. The molecule has 1 heterocycles. The zero-order chi connectivity index (χ0) is 10.6. The van der Waals surface area contributed by atoms with Crippen molar-refractivity contribution in [3.63, 3.8) is 0 Å². The van der Waals surface area contributed by atoms with Crippen molar-refractivity contribution in [3.8, 4) is 0 Å². The zero-order valence-corrected chi connectivity index (χ0v) is 7.90. The SMILES string of the molecule is C[C@@H](O)CNC(=O)c1ccc(N)cn1. The first-order chi connectivity index (χ1) is 6.59. The molecule has 14 heavy (non-hydrogen) atoms. The quantitative estimate of drug-likeness (QED) is 0.622. The zero-order valence-electron chi connectivity index (χ0n) is 7.90. The number of rotatable bonds is 3. The number of nitrogens with two attached hydrogens (primary N) is 1. The normalized spacial score (nSPS) is 12.1. The summed E-state index contributed by atoms with van der Waals surface area (Å²) in [5, 5.41) is 11.5. The lowest BCUT2D eigenvalue weighted by Crippen LogP contribution is -2.31. The van der Waals surface area contributed by atoms with Gasteiger partial charge in [0, 0.05) is 6.54 Å². The molecule has 0 spiro atoms. The first-order valence-electron chi connectivity index (χ1n) is 4.27. The number of carbonyl (C=O) groups excluding carboxylic acids is 1. The molecule has 1 amide bonds. The first-order valence-corrected chi connectivity index (χ1v) is 4.27. The Hall–Kier alpha value is -1.62.